The van der Waals surface area contributed by atoms with Gasteiger partial charge in [0.2, 0.25) is 0 Å². The summed E-state index contributed by atoms with van der Waals surface area (Å²) in [5.41, 5.74) is -0.0526. The predicted octanol–water partition coefficient (Wildman–Crippen LogP) is 0.315. The molecule has 1 aliphatic heterocycles. The molecule has 1 fully saturated rings. The van der Waals surface area contributed by atoms with Crippen molar-refractivity contribution in [2.75, 3.05) is 57.9 Å². The van der Waals surface area contributed by atoms with Crippen molar-refractivity contribution in [1.82, 2.24) is 15.5 Å². The topological polar surface area (TPSA) is 83.0 Å². The number of guanidine groups is 1. The first kappa shape index (κ1) is 22.9. The van der Waals surface area contributed by atoms with E-state index in [0.717, 1.165) is 32.8 Å². The molecule has 138 valence electrons. The van der Waals surface area contributed by atoms with Crippen molar-refractivity contribution in [2.24, 2.45) is 4.99 Å². The second-order valence-corrected chi connectivity index (χ2v) is 8.42. The molecule has 0 atom stereocenters. The van der Waals surface area contributed by atoms with Gasteiger partial charge in [0.1, 0.15) is 9.84 Å². The zero-order chi connectivity index (χ0) is 16.6. The van der Waals surface area contributed by atoms with Gasteiger partial charge in [0.15, 0.2) is 5.96 Å². The Morgan fingerprint density at radius 3 is 2.39 bits per heavy atom. The van der Waals surface area contributed by atoms with Crippen LogP contribution in [0, 0.1) is 0 Å². The van der Waals surface area contributed by atoms with E-state index in [1.165, 1.54) is 6.26 Å². The van der Waals surface area contributed by atoms with E-state index >= 15 is 0 Å². The van der Waals surface area contributed by atoms with Crippen LogP contribution in [0.2, 0.25) is 0 Å². The Hall–Kier alpha value is -0.130. The highest BCUT2D eigenvalue weighted by Crippen LogP contribution is 2.16. The van der Waals surface area contributed by atoms with Gasteiger partial charge in [0.25, 0.3) is 0 Å². The van der Waals surface area contributed by atoms with Gasteiger partial charge in [0, 0.05) is 38.0 Å². The Morgan fingerprint density at radius 2 is 1.87 bits per heavy atom. The number of hydrogen-bond acceptors (Lipinski definition) is 5. The number of morpholine rings is 1. The fraction of sp³-hybridized carbons (Fsp3) is 0.929. The Labute approximate surface area is 157 Å². The number of ether oxygens (including phenoxy) is 1. The third-order valence-electron chi connectivity index (χ3n) is 3.60. The van der Waals surface area contributed by atoms with Gasteiger partial charge in [0.05, 0.1) is 25.5 Å². The van der Waals surface area contributed by atoms with Gasteiger partial charge in [-0.25, -0.2) is 8.42 Å². The second-order valence-electron chi connectivity index (χ2n) is 6.16. The van der Waals surface area contributed by atoms with Crippen molar-refractivity contribution in [1.29, 1.82) is 0 Å². The minimum Gasteiger partial charge on any atom is -0.379 e. The number of halogens is 1. The predicted molar refractivity (Wildman–Crippen MR) is 106 cm³/mol. The zero-order valence-electron chi connectivity index (χ0n) is 14.6. The Balaban J connectivity index is 0.00000484. The summed E-state index contributed by atoms with van der Waals surface area (Å²) in [6.07, 6.45) is 1.24. The first-order valence-corrected chi connectivity index (χ1v) is 9.83. The summed E-state index contributed by atoms with van der Waals surface area (Å²) in [5, 5.41) is 6.21. The first-order valence-electron chi connectivity index (χ1n) is 7.77. The summed E-state index contributed by atoms with van der Waals surface area (Å²) in [4.78, 5) is 6.97. The lowest BCUT2D eigenvalue weighted by atomic mass is 10.0. The maximum atomic E-state index is 11.2. The van der Waals surface area contributed by atoms with Gasteiger partial charge in [-0.1, -0.05) is 0 Å². The van der Waals surface area contributed by atoms with E-state index in [9.17, 15) is 8.42 Å². The Kier molecular flexibility index (Phi) is 10.6. The summed E-state index contributed by atoms with van der Waals surface area (Å²) >= 11 is 0. The molecule has 2 N–H and O–H groups in total. The fourth-order valence-corrected chi connectivity index (χ4v) is 2.71. The van der Waals surface area contributed by atoms with Crippen molar-refractivity contribution in [2.45, 2.75) is 26.3 Å². The van der Waals surface area contributed by atoms with Crippen LogP contribution in [0.3, 0.4) is 0 Å². The van der Waals surface area contributed by atoms with Crippen LogP contribution in [0.25, 0.3) is 0 Å². The number of hydrogen-bond donors (Lipinski definition) is 2. The van der Waals surface area contributed by atoms with Gasteiger partial charge in [-0.05, 0) is 20.8 Å². The van der Waals surface area contributed by atoms with Crippen LogP contribution in [0.5, 0.6) is 0 Å². The molecule has 1 rings (SSSR count). The molecule has 0 bridgehead atoms. The molecule has 1 heterocycles. The molecule has 0 amide bonds. The summed E-state index contributed by atoms with van der Waals surface area (Å²) < 4.78 is 27.7. The van der Waals surface area contributed by atoms with Crippen LogP contribution in [-0.4, -0.2) is 82.8 Å². The highest BCUT2D eigenvalue weighted by Gasteiger charge is 2.28. The van der Waals surface area contributed by atoms with Gasteiger partial charge in [-0.2, -0.15) is 0 Å². The standard InChI is InChI=1S/C14H30N4O3S.HI/c1-5-15-13(16-6-11-22(4,19)20)17-12-14(2,3)18-7-9-21-10-8-18;/h5-12H2,1-4H3,(H2,15,16,17);1H. The van der Waals surface area contributed by atoms with Gasteiger partial charge >= 0.3 is 0 Å². The van der Waals surface area contributed by atoms with Crippen LogP contribution in [0.1, 0.15) is 20.8 Å². The molecule has 7 nitrogen and oxygen atoms in total. The average molecular weight is 462 g/mol. The SMILES string of the molecule is CCNC(=NCC(C)(C)N1CCOCC1)NCCS(C)(=O)=O.I. The molecule has 0 saturated carbocycles. The molecule has 0 aliphatic carbocycles. The minimum absolute atomic E-state index is 0. The second kappa shape index (κ2) is 10.7. The monoisotopic (exact) mass is 462 g/mol. The van der Waals surface area contributed by atoms with Crippen molar-refractivity contribution < 1.29 is 13.2 Å². The summed E-state index contributed by atoms with van der Waals surface area (Å²) in [5.74, 6) is 0.761. The normalized spacial score (nSPS) is 17.5. The largest absolute Gasteiger partial charge is 0.379 e. The van der Waals surface area contributed by atoms with Gasteiger partial charge < -0.3 is 15.4 Å². The van der Waals surface area contributed by atoms with Crippen LogP contribution in [0.4, 0.5) is 0 Å². The molecular formula is C14H31IN4O3S. The molecule has 0 aromatic carbocycles. The van der Waals surface area contributed by atoms with Crippen LogP contribution in [-0.2, 0) is 14.6 Å². The average Bonchev–Trinajstić information content (AvgIpc) is 2.44. The van der Waals surface area contributed by atoms with Crippen LogP contribution >= 0.6 is 24.0 Å². The van der Waals surface area contributed by atoms with E-state index < -0.39 is 9.84 Å². The lowest BCUT2D eigenvalue weighted by Crippen LogP contribution is -2.52. The van der Waals surface area contributed by atoms with Crippen LogP contribution in [0.15, 0.2) is 4.99 Å². The number of aliphatic imine (C=N–C) groups is 1. The molecule has 0 spiro atoms. The smallest absolute Gasteiger partial charge is 0.191 e. The first-order chi connectivity index (χ1) is 10.2. The number of rotatable bonds is 7. The van der Waals surface area contributed by atoms with E-state index in [0.29, 0.717) is 19.0 Å². The van der Waals surface area contributed by atoms with Crippen molar-refractivity contribution in [3.63, 3.8) is 0 Å². The highest BCUT2D eigenvalue weighted by molar-refractivity contribution is 14.0. The molecule has 23 heavy (non-hydrogen) atoms. The third kappa shape index (κ3) is 9.68. The van der Waals surface area contributed by atoms with E-state index in [1.54, 1.807) is 0 Å². The Bertz CT molecular complexity index is 463. The maximum Gasteiger partial charge on any atom is 0.191 e. The van der Waals surface area contributed by atoms with Crippen molar-refractivity contribution in [3.05, 3.63) is 0 Å². The number of nitrogens with zero attached hydrogens (tertiary/aromatic N) is 2. The molecule has 1 saturated heterocycles. The van der Waals surface area contributed by atoms with Crippen molar-refractivity contribution in [3.8, 4) is 0 Å². The zero-order valence-corrected chi connectivity index (χ0v) is 17.7. The lowest BCUT2D eigenvalue weighted by Gasteiger charge is -2.39. The molecule has 0 aromatic heterocycles. The highest BCUT2D eigenvalue weighted by atomic mass is 127. The number of nitrogens with one attached hydrogen (secondary N) is 2. The fourth-order valence-electron chi connectivity index (χ4n) is 2.24. The van der Waals surface area contributed by atoms with Crippen LogP contribution < -0.4 is 10.6 Å². The molecule has 1 aliphatic rings. The van der Waals surface area contributed by atoms with E-state index in [1.807, 2.05) is 6.92 Å². The minimum atomic E-state index is -2.96. The molecule has 9 heteroatoms. The quantitative estimate of drug-likeness (QED) is 0.322. The summed E-state index contributed by atoms with van der Waals surface area (Å²) in [6, 6.07) is 0. The third-order valence-corrected chi connectivity index (χ3v) is 4.55. The van der Waals surface area contributed by atoms with E-state index in [-0.39, 0.29) is 35.3 Å². The number of sulfone groups is 1. The van der Waals surface area contributed by atoms with E-state index in [4.69, 9.17) is 4.74 Å². The van der Waals surface area contributed by atoms with Gasteiger partial charge in [-0.15, -0.1) is 24.0 Å². The van der Waals surface area contributed by atoms with Crippen molar-refractivity contribution >= 4 is 39.8 Å². The summed E-state index contributed by atoms with van der Waals surface area (Å²) in [7, 11) is -2.96. The molecule has 0 aromatic rings. The lowest BCUT2D eigenvalue weighted by molar-refractivity contribution is -0.00683. The van der Waals surface area contributed by atoms with E-state index in [2.05, 4.69) is 34.4 Å². The molecule has 0 unspecified atom stereocenters. The molecular weight excluding hydrogens is 431 g/mol. The Morgan fingerprint density at radius 1 is 1.26 bits per heavy atom. The summed E-state index contributed by atoms with van der Waals surface area (Å²) in [6.45, 7) is 11.4. The maximum absolute atomic E-state index is 11.2. The van der Waals surface area contributed by atoms with Gasteiger partial charge in [-0.3, -0.25) is 9.89 Å². The molecule has 0 radical (unpaired) electrons.